The summed E-state index contributed by atoms with van der Waals surface area (Å²) in [7, 11) is 0. The third-order valence-electron chi connectivity index (χ3n) is 4.83. The molecule has 3 rings (SSSR count). The number of thiophene rings is 1. The molecule has 0 radical (unpaired) electrons. The quantitative estimate of drug-likeness (QED) is 0.823. The highest BCUT2D eigenvalue weighted by atomic mass is 32.1. The van der Waals surface area contributed by atoms with Gasteiger partial charge in [0, 0.05) is 51.5 Å². The molecule has 0 N–H and O–H groups in total. The summed E-state index contributed by atoms with van der Waals surface area (Å²) in [6, 6.07) is 3.97. The molecular formula is C18H24N4O2S. The topological polar surface area (TPSA) is 58.4 Å². The maximum Gasteiger partial charge on any atom is 0.263 e. The summed E-state index contributed by atoms with van der Waals surface area (Å²) in [5.74, 6) is 1.16. The Labute approximate surface area is 152 Å². The molecule has 0 atom stereocenters. The summed E-state index contributed by atoms with van der Waals surface area (Å²) in [5.41, 5.74) is 0. The van der Waals surface area contributed by atoms with Crippen LogP contribution in [0.5, 0.6) is 0 Å². The highest BCUT2D eigenvalue weighted by Crippen LogP contribution is 2.20. The Balaban J connectivity index is 1.56. The molecule has 7 heteroatoms. The number of nitrogens with zero attached hydrogens (tertiary/aromatic N) is 4. The maximum absolute atomic E-state index is 12.4. The molecule has 0 aromatic carbocycles. The number of rotatable bonds is 5. The van der Waals surface area contributed by atoms with Crippen molar-refractivity contribution in [3.05, 3.63) is 40.6 Å². The van der Waals surface area contributed by atoms with E-state index in [1.807, 2.05) is 40.4 Å². The fourth-order valence-electron chi connectivity index (χ4n) is 3.39. The molecule has 134 valence electrons. The van der Waals surface area contributed by atoms with E-state index >= 15 is 0 Å². The first-order valence-electron chi connectivity index (χ1n) is 8.64. The van der Waals surface area contributed by atoms with E-state index < -0.39 is 0 Å². The summed E-state index contributed by atoms with van der Waals surface area (Å²) in [5, 5.41) is 1.93. The van der Waals surface area contributed by atoms with Crippen molar-refractivity contribution in [2.75, 3.05) is 19.6 Å². The first kappa shape index (κ1) is 17.7. The Morgan fingerprint density at radius 2 is 2.12 bits per heavy atom. The van der Waals surface area contributed by atoms with Crippen LogP contribution in [0.15, 0.2) is 29.9 Å². The lowest BCUT2D eigenvalue weighted by Gasteiger charge is -2.38. The number of aromatic nitrogens is 2. The van der Waals surface area contributed by atoms with Gasteiger partial charge in [-0.15, -0.1) is 11.3 Å². The molecule has 0 unspecified atom stereocenters. The molecular weight excluding hydrogens is 336 g/mol. The predicted molar refractivity (Wildman–Crippen MR) is 97.6 cm³/mol. The molecule has 25 heavy (non-hydrogen) atoms. The second-order valence-corrected chi connectivity index (χ2v) is 7.33. The minimum atomic E-state index is 0.0980. The van der Waals surface area contributed by atoms with Crippen LogP contribution < -0.4 is 0 Å². The number of piperidine rings is 1. The number of amides is 2. The smallest absolute Gasteiger partial charge is 0.263 e. The van der Waals surface area contributed by atoms with Gasteiger partial charge in [-0.25, -0.2) is 4.98 Å². The lowest BCUT2D eigenvalue weighted by molar-refractivity contribution is -0.132. The predicted octanol–water partition coefficient (Wildman–Crippen LogP) is 2.41. The second-order valence-electron chi connectivity index (χ2n) is 6.38. The van der Waals surface area contributed by atoms with Gasteiger partial charge in [-0.05, 0) is 31.2 Å². The van der Waals surface area contributed by atoms with Crippen molar-refractivity contribution in [2.45, 2.75) is 39.3 Å². The van der Waals surface area contributed by atoms with Crippen molar-refractivity contribution in [1.82, 2.24) is 19.4 Å². The van der Waals surface area contributed by atoms with Crippen LogP contribution in [0.2, 0.25) is 0 Å². The van der Waals surface area contributed by atoms with Gasteiger partial charge in [0.1, 0.15) is 5.82 Å². The molecule has 2 amide bonds. The molecule has 2 aromatic heterocycles. The van der Waals surface area contributed by atoms with E-state index in [0.717, 1.165) is 30.1 Å². The van der Waals surface area contributed by atoms with Gasteiger partial charge in [0.05, 0.1) is 4.88 Å². The zero-order valence-corrected chi connectivity index (χ0v) is 15.5. The third-order valence-corrected chi connectivity index (χ3v) is 5.69. The van der Waals surface area contributed by atoms with E-state index in [0.29, 0.717) is 19.6 Å². The number of carbonyl (C=O) groups excluding carboxylic acids is 2. The summed E-state index contributed by atoms with van der Waals surface area (Å²) in [4.78, 5) is 33.4. The van der Waals surface area contributed by atoms with Crippen molar-refractivity contribution in [1.29, 1.82) is 0 Å². The summed E-state index contributed by atoms with van der Waals surface area (Å²) in [6.07, 6.45) is 5.39. The van der Waals surface area contributed by atoms with E-state index in [1.165, 1.54) is 11.3 Å². The van der Waals surface area contributed by atoms with Crippen molar-refractivity contribution in [3.63, 3.8) is 0 Å². The van der Waals surface area contributed by atoms with E-state index in [4.69, 9.17) is 0 Å². The van der Waals surface area contributed by atoms with Crippen molar-refractivity contribution in [2.24, 2.45) is 0 Å². The van der Waals surface area contributed by atoms with Crippen molar-refractivity contribution in [3.8, 4) is 0 Å². The van der Waals surface area contributed by atoms with Crippen molar-refractivity contribution >= 4 is 23.2 Å². The van der Waals surface area contributed by atoms with E-state index in [-0.39, 0.29) is 17.9 Å². The molecule has 0 spiro atoms. The maximum atomic E-state index is 12.4. The summed E-state index contributed by atoms with van der Waals surface area (Å²) in [6.45, 7) is 6.43. The monoisotopic (exact) mass is 360 g/mol. The number of carbonyl (C=O) groups is 2. The van der Waals surface area contributed by atoms with Gasteiger partial charge >= 0.3 is 0 Å². The first-order valence-corrected chi connectivity index (χ1v) is 9.52. The zero-order valence-electron chi connectivity index (χ0n) is 14.7. The molecule has 1 fully saturated rings. The van der Waals surface area contributed by atoms with Gasteiger partial charge in [-0.2, -0.15) is 0 Å². The first-order chi connectivity index (χ1) is 12.1. The van der Waals surface area contributed by atoms with Crippen LogP contribution in [0.1, 0.15) is 35.3 Å². The van der Waals surface area contributed by atoms with Crippen LogP contribution in [0.3, 0.4) is 0 Å². The standard InChI is InChI=1S/C18H24N4O2S/c1-14-19-7-10-20(14)11-12-22(15(2)23)16-5-8-21(9-6-16)18(24)17-4-3-13-25-17/h3-4,7,10,13,16H,5-6,8-9,11-12H2,1-2H3. The van der Waals surface area contributed by atoms with Crippen molar-refractivity contribution < 1.29 is 9.59 Å². The number of likely N-dealkylation sites (tertiary alicyclic amines) is 1. The molecule has 0 aliphatic carbocycles. The van der Waals surface area contributed by atoms with Crippen LogP contribution in [0.4, 0.5) is 0 Å². The lowest BCUT2D eigenvalue weighted by Crippen LogP contribution is -2.49. The van der Waals surface area contributed by atoms with Gasteiger partial charge in [0.15, 0.2) is 0 Å². The summed E-state index contributed by atoms with van der Waals surface area (Å²) >= 11 is 1.48. The average Bonchev–Trinajstić information content (AvgIpc) is 3.27. The van der Waals surface area contributed by atoms with Crippen LogP contribution in [-0.4, -0.2) is 56.8 Å². The SMILES string of the molecule is CC(=O)N(CCn1ccnc1C)C1CCN(C(=O)c2cccs2)CC1. The normalized spacial score (nSPS) is 15.4. The van der Waals surface area contributed by atoms with E-state index in [9.17, 15) is 9.59 Å². The fraction of sp³-hybridized carbons (Fsp3) is 0.500. The largest absolute Gasteiger partial charge is 0.338 e. The van der Waals surface area contributed by atoms with E-state index in [1.54, 1.807) is 13.1 Å². The number of hydrogen-bond donors (Lipinski definition) is 0. The number of hydrogen-bond acceptors (Lipinski definition) is 4. The minimum Gasteiger partial charge on any atom is -0.338 e. The number of imidazole rings is 1. The minimum absolute atomic E-state index is 0.0980. The fourth-order valence-corrected chi connectivity index (χ4v) is 4.08. The van der Waals surface area contributed by atoms with Gasteiger partial charge in [0.25, 0.3) is 5.91 Å². The van der Waals surface area contributed by atoms with Gasteiger partial charge < -0.3 is 14.4 Å². The highest BCUT2D eigenvalue weighted by Gasteiger charge is 2.28. The molecule has 2 aromatic rings. The molecule has 1 saturated heterocycles. The highest BCUT2D eigenvalue weighted by molar-refractivity contribution is 7.12. The average molecular weight is 360 g/mol. The Hall–Kier alpha value is -2.15. The van der Waals surface area contributed by atoms with Gasteiger partial charge in [-0.3, -0.25) is 9.59 Å². The Morgan fingerprint density at radius 3 is 2.68 bits per heavy atom. The number of aryl methyl sites for hydroxylation is 1. The molecule has 6 nitrogen and oxygen atoms in total. The van der Waals surface area contributed by atoms with E-state index in [2.05, 4.69) is 9.55 Å². The van der Waals surface area contributed by atoms with Gasteiger partial charge in [0.2, 0.25) is 5.91 Å². The molecule has 1 aliphatic heterocycles. The summed E-state index contributed by atoms with van der Waals surface area (Å²) < 4.78 is 2.06. The molecule has 1 aliphatic rings. The molecule has 3 heterocycles. The van der Waals surface area contributed by atoms with Crippen LogP contribution in [0.25, 0.3) is 0 Å². The second kappa shape index (κ2) is 7.82. The Bertz CT molecular complexity index is 717. The lowest BCUT2D eigenvalue weighted by atomic mass is 10.0. The Morgan fingerprint density at radius 1 is 1.36 bits per heavy atom. The van der Waals surface area contributed by atoms with Gasteiger partial charge in [-0.1, -0.05) is 6.07 Å². The third kappa shape index (κ3) is 4.10. The molecule has 0 bridgehead atoms. The zero-order chi connectivity index (χ0) is 17.8. The Kier molecular flexibility index (Phi) is 5.53. The van der Waals surface area contributed by atoms with Crippen LogP contribution in [0, 0.1) is 6.92 Å². The molecule has 0 saturated carbocycles. The van der Waals surface area contributed by atoms with Crippen LogP contribution in [-0.2, 0) is 11.3 Å². The van der Waals surface area contributed by atoms with Crippen LogP contribution >= 0.6 is 11.3 Å².